The van der Waals surface area contributed by atoms with Crippen LogP contribution in [0.4, 0.5) is 0 Å². The number of aromatic nitrogens is 3. The molecule has 1 aromatic rings. The Morgan fingerprint density at radius 1 is 1.56 bits per heavy atom. The molecular formula is C12H20N4. The van der Waals surface area contributed by atoms with Crippen LogP contribution in [-0.2, 0) is 0 Å². The third-order valence-corrected chi connectivity index (χ3v) is 3.02. The molecule has 2 rings (SSSR count). The van der Waals surface area contributed by atoms with Gasteiger partial charge in [0.2, 0.25) is 0 Å². The quantitative estimate of drug-likeness (QED) is 0.830. The summed E-state index contributed by atoms with van der Waals surface area (Å²) in [5.41, 5.74) is 7.38. The van der Waals surface area contributed by atoms with Gasteiger partial charge in [-0.1, -0.05) is 5.57 Å². The maximum Gasteiger partial charge on any atom is 0.150 e. The van der Waals surface area contributed by atoms with Crippen molar-refractivity contribution in [1.82, 2.24) is 14.8 Å². The average Bonchev–Trinajstić information content (AvgIpc) is 2.66. The zero-order valence-electron chi connectivity index (χ0n) is 10.1. The van der Waals surface area contributed by atoms with Gasteiger partial charge in [0.05, 0.1) is 0 Å². The van der Waals surface area contributed by atoms with Crippen molar-refractivity contribution in [3.63, 3.8) is 0 Å². The minimum absolute atomic E-state index is 0.329. The monoisotopic (exact) mass is 220 g/mol. The summed E-state index contributed by atoms with van der Waals surface area (Å²) in [7, 11) is 0. The SMILES string of the molecule is CC(C)n1ncnc1C=C1CCCC(N)C1. The number of nitrogens with zero attached hydrogens (tertiary/aromatic N) is 3. The van der Waals surface area contributed by atoms with E-state index in [1.165, 1.54) is 12.0 Å². The van der Waals surface area contributed by atoms with Gasteiger partial charge in [0.1, 0.15) is 6.33 Å². The van der Waals surface area contributed by atoms with Crippen molar-refractivity contribution in [3.8, 4) is 0 Å². The fraction of sp³-hybridized carbons (Fsp3) is 0.667. The van der Waals surface area contributed by atoms with E-state index in [4.69, 9.17) is 5.73 Å². The molecule has 1 fully saturated rings. The van der Waals surface area contributed by atoms with E-state index in [0.717, 1.165) is 25.1 Å². The Balaban J connectivity index is 2.18. The predicted octanol–water partition coefficient (Wildman–Crippen LogP) is 2.14. The van der Waals surface area contributed by atoms with E-state index < -0.39 is 0 Å². The minimum Gasteiger partial charge on any atom is -0.327 e. The first kappa shape index (κ1) is 11.3. The zero-order valence-corrected chi connectivity index (χ0v) is 10.1. The van der Waals surface area contributed by atoms with Crippen LogP contribution in [0.1, 0.15) is 51.4 Å². The maximum atomic E-state index is 5.97. The van der Waals surface area contributed by atoms with Gasteiger partial charge in [-0.2, -0.15) is 5.10 Å². The standard InChI is InChI=1S/C12H20N4/c1-9(2)16-12(14-8-15-16)7-10-4-3-5-11(13)6-10/h7-9,11H,3-6,13H2,1-2H3. The van der Waals surface area contributed by atoms with Gasteiger partial charge in [-0.3, -0.25) is 0 Å². The van der Waals surface area contributed by atoms with Gasteiger partial charge in [-0.25, -0.2) is 9.67 Å². The summed E-state index contributed by atoms with van der Waals surface area (Å²) in [6.07, 6.45) is 8.28. The lowest BCUT2D eigenvalue weighted by Gasteiger charge is -2.20. The third kappa shape index (κ3) is 2.50. The van der Waals surface area contributed by atoms with Crippen LogP contribution in [0.2, 0.25) is 0 Å². The first-order valence-electron chi connectivity index (χ1n) is 6.01. The van der Waals surface area contributed by atoms with Crippen LogP contribution >= 0.6 is 0 Å². The fourth-order valence-corrected chi connectivity index (χ4v) is 2.21. The minimum atomic E-state index is 0.329. The highest BCUT2D eigenvalue weighted by molar-refractivity contribution is 5.45. The van der Waals surface area contributed by atoms with Crippen LogP contribution < -0.4 is 5.73 Å². The van der Waals surface area contributed by atoms with E-state index in [2.05, 4.69) is 30.0 Å². The van der Waals surface area contributed by atoms with Crippen LogP contribution in [0, 0.1) is 0 Å². The third-order valence-electron chi connectivity index (χ3n) is 3.02. The molecule has 1 heterocycles. The molecule has 1 atom stereocenters. The second-order valence-electron chi connectivity index (χ2n) is 4.82. The number of nitrogens with two attached hydrogens (primary N) is 1. The molecule has 4 heteroatoms. The molecule has 0 saturated heterocycles. The number of rotatable bonds is 2. The molecule has 2 N–H and O–H groups in total. The van der Waals surface area contributed by atoms with Crippen molar-refractivity contribution < 1.29 is 0 Å². The Hall–Kier alpha value is -1.16. The summed E-state index contributed by atoms with van der Waals surface area (Å²) in [6.45, 7) is 4.23. The molecule has 0 radical (unpaired) electrons. The molecule has 0 aliphatic heterocycles. The normalized spacial score (nSPS) is 24.2. The Kier molecular flexibility index (Phi) is 3.39. The molecule has 16 heavy (non-hydrogen) atoms. The Labute approximate surface area is 96.6 Å². The summed E-state index contributed by atoms with van der Waals surface area (Å²) in [6, 6.07) is 0.682. The molecule has 0 amide bonds. The first-order valence-corrected chi connectivity index (χ1v) is 6.01. The number of hydrogen-bond acceptors (Lipinski definition) is 3. The average molecular weight is 220 g/mol. The zero-order chi connectivity index (χ0) is 11.5. The molecule has 1 saturated carbocycles. The highest BCUT2D eigenvalue weighted by Crippen LogP contribution is 2.24. The second kappa shape index (κ2) is 4.78. The van der Waals surface area contributed by atoms with Crippen molar-refractivity contribution in [1.29, 1.82) is 0 Å². The highest BCUT2D eigenvalue weighted by atomic mass is 15.3. The molecule has 1 aliphatic rings. The van der Waals surface area contributed by atoms with Crippen LogP contribution in [0.25, 0.3) is 6.08 Å². The molecule has 88 valence electrons. The van der Waals surface area contributed by atoms with Gasteiger partial charge in [-0.05, 0) is 45.6 Å². The smallest absolute Gasteiger partial charge is 0.150 e. The van der Waals surface area contributed by atoms with Crippen LogP contribution in [-0.4, -0.2) is 20.8 Å². The van der Waals surface area contributed by atoms with E-state index >= 15 is 0 Å². The lowest BCUT2D eigenvalue weighted by Crippen LogP contribution is -2.23. The highest BCUT2D eigenvalue weighted by Gasteiger charge is 2.14. The van der Waals surface area contributed by atoms with E-state index in [-0.39, 0.29) is 0 Å². The van der Waals surface area contributed by atoms with Gasteiger partial charge < -0.3 is 5.73 Å². The molecule has 0 aromatic carbocycles. The van der Waals surface area contributed by atoms with E-state index in [1.807, 2.05) is 4.68 Å². The largest absolute Gasteiger partial charge is 0.327 e. The molecule has 1 aliphatic carbocycles. The molecule has 4 nitrogen and oxygen atoms in total. The van der Waals surface area contributed by atoms with Gasteiger partial charge >= 0.3 is 0 Å². The van der Waals surface area contributed by atoms with Gasteiger partial charge in [0, 0.05) is 12.1 Å². The summed E-state index contributed by atoms with van der Waals surface area (Å²) < 4.78 is 1.95. The van der Waals surface area contributed by atoms with Crippen molar-refractivity contribution in [3.05, 3.63) is 17.7 Å². The van der Waals surface area contributed by atoms with Crippen molar-refractivity contribution >= 4 is 6.08 Å². The summed E-state index contributed by atoms with van der Waals surface area (Å²) >= 11 is 0. The Morgan fingerprint density at radius 3 is 3.06 bits per heavy atom. The van der Waals surface area contributed by atoms with Gasteiger partial charge in [0.15, 0.2) is 5.82 Å². The second-order valence-corrected chi connectivity index (χ2v) is 4.82. The lowest BCUT2D eigenvalue weighted by atomic mass is 9.91. The number of hydrogen-bond donors (Lipinski definition) is 1. The molecule has 0 bridgehead atoms. The van der Waals surface area contributed by atoms with E-state index in [0.29, 0.717) is 12.1 Å². The fourth-order valence-electron chi connectivity index (χ4n) is 2.21. The summed E-state index contributed by atoms with van der Waals surface area (Å²) in [5, 5.41) is 4.23. The first-order chi connectivity index (χ1) is 7.66. The van der Waals surface area contributed by atoms with Gasteiger partial charge in [-0.15, -0.1) is 0 Å². The molecule has 1 aromatic heterocycles. The van der Waals surface area contributed by atoms with Crippen molar-refractivity contribution in [2.75, 3.05) is 0 Å². The topological polar surface area (TPSA) is 56.7 Å². The Morgan fingerprint density at radius 2 is 2.38 bits per heavy atom. The summed E-state index contributed by atoms with van der Waals surface area (Å²) in [5.74, 6) is 0.958. The Bertz CT molecular complexity index is 378. The van der Waals surface area contributed by atoms with Crippen LogP contribution in [0.5, 0.6) is 0 Å². The lowest BCUT2D eigenvalue weighted by molar-refractivity contribution is 0.514. The van der Waals surface area contributed by atoms with E-state index in [9.17, 15) is 0 Å². The molecule has 0 spiro atoms. The van der Waals surface area contributed by atoms with Gasteiger partial charge in [0.25, 0.3) is 0 Å². The van der Waals surface area contributed by atoms with E-state index in [1.54, 1.807) is 6.33 Å². The van der Waals surface area contributed by atoms with Crippen LogP contribution in [0.3, 0.4) is 0 Å². The molecular weight excluding hydrogens is 200 g/mol. The predicted molar refractivity (Wildman–Crippen MR) is 64.8 cm³/mol. The summed E-state index contributed by atoms with van der Waals surface area (Å²) in [4.78, 5) is 4.29. The van der Waals surface area contributed by atoms with Crippen LogP contribution in [0.15, 0.2) is 11.9 Å². The molecule has 1 unspecified atom stereocenters. The van der Waals surface area contributed by atoms with Crippen molar-refractivity contribution in [2.24, 2.45) is 5.73 Å². The van der Waals surface area contributed by atoms with Crippen molar-refractivity contribution in [2.45, 2.75) is 51.6 Å². The maximum absolute atomic E-state index is 5.97.